The lowest BCUT2D eigenvalue weighted by Gasteiger charge is -2.32. The predicted molar refractivity (Wildman–Crippen MR) is 105 cm³/mol. The van der Waals surface area contributed by atoms with Crippen molar-refractivity contribution in [3.05, 3.63) is 41.9 Å². The molecule has 6 nitrogen and oxygen atoms in total. The fourth-order valence-corrected chi connectivity index (χ4v) is 3.16. The van der Waals surface area contributed by atoms with Gasteiger partial charge in [-0.3, -0.25) is 4.98 Å². The topological polar surface area (TPSA) is 66.0 Å². The van der Waals surface area contributed by atoms with Crippen LogP contribution < -0.4 is 15.5 Å². The summed E-state index contributed by atoms with van der Waals surface area (Å²) in [7, 11) is 0. The number of aryl methyl sites for hydroxylation is 1. The van der Waals surface area contributed by atoms with Crippen LogP contribution in [0.4, 0.5) is 11.8 Å². The summed E-state index contributed by atoms with van der Waals surface area (Å²) in [5.74, 6) is 2.20. The number of rotatable bonds is 4. The Morgan fingerprint density at radius 1 is 1.40 bits per heavy atom. The van der Waals surface area contributed by atoms with Crippen molar-refractivity contribution in [1.29, 1.82) is 0 Å². The van der Waals surface area contributed by atoms with Crippen molar-refractivity contribution < 1.29 is 0 Å². The highest BCUT2D eigenvalue weighted by Crippen LogP contribution is 2.22. The van der Waals surface area contributed by atoms with Gasteiger partial charge in [0.1, 0.15) is 5.82 Å². The van der Waals surface area contributed by atoms with Gasteiger partial charge in [-0.2, -0.15) is 4.98 Å². The van der Waals surface area contributed by atoms with Gasteiger partial charge in [-0.25, -0.2) is 4.98 Å². The Balaban J connectivity index is 1.62. The standard InChI is InChI=1S/C18H24N6S/c1-13-5-4-8-24(12-13)16-9-14(2)21-17(22-16)23-18(25)20-11-15-6-3-7-19-10-15/h3,6-7,9-10,13H,4-5,8,11-12H2,1-2H3,(H2,20,21,22,23,25). The zero-order valence-electron chi connectivity index (χ0n) is 14.7. The van der Waals surface area contributed by atoms with Gasteiger partial charge in [-0.05, 0) is 49.5 Å². The van der Waals surface area contributed by atoms with E-state index >= 15 is 0 Å². The third kappa shape index (κ3) is 5.09. The summed E-state index contributed by atoms with van der Waals surface area (Å²) in [6.07, 6.45) is 6.06. The summed E-state index contributed by atoms with van der Waals surface area (Å²) >= 11 is 5.36. The summed E-state index contributed by atoms with van der Waals surface area (Å²) in [6.45, 7) is 6.97. The molecule has 0 aromatic carbocycles. The zero-order valence-corrected chi connectivity index (χ0v) is 15.5. The maximum atomic E-state index is 5.36. The van der Waals surface area contributed by atoms with Crippen molar-refractivity contribution >= 4 is 29.1 Å². The summed E-state index contributed by atoms with van der Waals surface area (Å²) < 4.78 is 0. The monoisotopic (exact) mass is 356 g/mol. The van der Waals surface area contributed by atoms with Crippen LogP contribution in [0.25, 0.3) is 0 Å². The fourth-order valence-electron chi connectivity index (χ4n) is 3.00. The van der Waals surface area contributed by atoms with Gasteiger partial charge in [0.2, 0.25) is 5.95 Å². The van der Waals surface area contributed by atoms with Gasteiger partial charge in [0.15, 0.2) is 5.11 Å². The van der Waals surface area contributed by atoms with E-state index in [4.69, 9.17) is 12.2 Å². The smallest absolute Gasteiger partial charge is 0.231 e. The molecule has 0 spiro atoms. The minimum absolute atomic E-state index is 0.507. The van der Waals surface area contributed by atoms with Crippen molar-refractivity contribution in [2.75, 3.05) is 23.3 Å². The second-order valence-corrected chi connectivity index (χ2v) is 6.96. The second kappa shape index (κ2) is 8.20. The molecular formula is C18H24N6S. The van der Waals surface area contributed by atoms with E-state index in [-0.39, 0.29) is 0 Å². The molecule has 25 heavy (non-hydrogen) atoms. The van der Waals surface area contributed by atoms with Gasteiger partial charge in [-0.15, -0.1) is 0 Å². The zero-order chi connectivity index (χ0) is 17.6. The fraction of sp³-hybridized carbons (Fsp3) is 0.444. The molecule has 0 amide bonds. The molecule has 2 aromatic heterocycles. The first kappa shape index (κ1) is 17.5. The number of nitrogens with one attached hydrogen (secondary N) is 2. The lowest BCUT2D eigenvalue weighted by molar-refractivity contribution is 0.444. The van der Waals surface area contributed by atoms with E-state index in [1.54, 1.807) is 6.20 Å². The summed E-state index contributed by atoms with van der Waals surface area (Å²) in [5.41, 5.74) is 2.00. The highest BCUT2D eigenvalue weighted by atomic mass is 32.1. The van der Waals surface area contributed by atoms with Gasteiger partial charge in [0.25, 0.3) is 0 Å². The van der Waals surface area contributed by atoms with Gasteiger partial charge in [0, 0.05) is 43.8 Å². The molecule has 0 bridgehead atoms. The Bertz CT molecular complexity index is 721. The van der Waals surface area contributed by atoms with E-state index in [0.29, 0.717) is 23.5 Å². The first-order chi connectivity index (χ1) is 12.1. The molecule has 2 aromatic rings. The molecule has 1 saturated heterocycles. The summed E-state index contributed by atoms with van der Waals surface area (Å²) in [6, 6.07) is 5.94. The third-order valence-electron chi connectivity index (χ3n) is 4.22. The lowest BCUT2D eigenvalue weighted by Crippen LogP contribution is -2.35. The van der Waals surface area contributed by atoms with Gasteiger partial charge >= 0.3 is 0 Å². The van der Waals surface area contributed by atoms with E-state index < -0.39 is 0 Å². The van der Waals surface area contributed by atoms with E-state index in [1.807, 2.05) is 31.3 Å². The Hall–Kier alpha value is -2.28. The largest absolute Gasteiger partial charge is 0.358 e. The molecule has 132 valence electrons. The number of anilines is 2. The van der Waals surface area contributed by atoms with Crippen LogP contribution in [0.3, 0.4) is 0 Å². The first-order valence-corrected chi connectivity index (χ1v) is 9.05. The normalized spacial score (nSPS) is 17.2. The van der Waals surface area contributed by atoms with Crippen LogP contribution in [-0.2, 0) is 6.54 Å². The van der Waals surface area contributed by atoms with Crippen molar-refractivity contribution in [3.63, 3.8) is 0 Å². The quantitative estimate of drug-likeness (QED) is 0.817. The molecule has 7 heteroatoms. The number of aromatic nitrogens is 3. The summed E-state index contributed by atoms with van der Waals surface area (Å²) in [4.78, 5) is 15.5. The van der Waals surface area contributed by atoms with Crippen LogP contribution >= 0.6 is 12.2 Å². The van der Waals surface area contributed by atoms with Crippen LogP contribution in [-0.4, -0.2) is 33.2 Å². The van der Waals surface area contributed by atoms with Crippen LogP contribution in [0.15, 0.2) is 30.6 Å². The molecule has 0 aliphatic carbocycles. The van der Waals surface area contributed by atoms with Crippen LogP contribution in [0.1, 0.15) is 31.0 Å². The lowest BCUT2D eigenvalue weighted by atomic mass is 10.0. The number of piperidine rings is 1. The van der Waals surface area contributed by atoms with Crippen LogP contribution in [0.5, 0.6) is 0 Å². The molecule has 1 atom stereocenters. The van der Waals surface area contributed by atoms with E-state index in [9.17, 15) is 0 Å². The number of thiocarbonyl (C=S) groups is 1. The SMILES string of the molecule is Cc1cc(N2CCCC(C)C2)nc(NC(=S)NCc2cccnc2)n1. The molecule has 0 saturated carbocycles. The van der Waals surface area contributed by atoms with Gasteiger partial charge in [-0.1, -0.05) is 13.0 Å². The second-order valence-electron chi connectivity index (χ2n) is 6.55. The first-order valence-electron chi connectivity index (χ1n) is 8.64. The minimum atomic E-state index is 0.507. The molecule has 1 aliphatic heterocycles. The summed E-state index contributed by atoms with van der Waals surface area (Å²) in [5, 5.41) is 6.76. The average Bonchev–Trinajstić information content (AvgIpc) is 2.60. The molecule has 3 rings (SSSR count). The molecule has 1 fully saturated rings. The molecule has 1 aliphatic rings. The predicted octanol–water partition coefficient (Wildman–Crippen LogP) is 2.90. The number of pyridine rings is 1. The van der Waals surface area contributed by atoms with Crippen LogP contribution in [0.2, 0.25) is 0 Å². The van der Waals surface area contributed by atoms with Crippen molar-refractivity contribution in [2.24, 2.45) is 5.92 Å². The molecule has 3 heterocycles. The molecular weight excluding hydrogens is 332 g/mol. The number of hydrogen-bond donors (Lipinski definition) is 2. The number of nitrogens with zero attached hydrogens (tertiary/aromatic N) is 4. The Morgan fingerprint density at radius 3 is 3.04 bits per heavy atom. The highest BCUT2D eigenvalue weighted by molar-refractivity contribution is 7.80. The van der Waals surface area contributed by atoms with Crippen molar-refractivity contribution in [1.82, 2.24) is 20.3 Å². The van der Waals surface area contributed by atoms with Crippen LogP contribution in [0, 0.1) is 12.8 Å². The Kier molecular flexibility index (Phi) is 5.75. The third-order valence-corrected chi connectivity index (χ3v) is 4.47. The molecule has 0 radical (unpaired) electrons. The van der Waals surface area contributed by atoms with E-state index in [1.165, 1.54) is 12.8 Å². The minimum Gasteiger partial charge on any atom is -0.358 e. The van der Waals surface area contributed by atoms with Gasteiger partial charge < -0.3 is 15.5 Å². The molecule has 2 N–H and O–H groups in total. The van der Waals surface area contributed by atoms with Gasteiger partial charge in [0.05, 0.1) is 0 Å². The Labute approximate surface area is 154 Å². The Morgan fingerprint density at radius 2 is 2.28 bits per heavy atom. The van der Waals surface area contributed by atoms with E-state index in [2.05, 4.69) is 37.4 Å². The van der Waals surface area contributed by atoms with Crippen molar-refractivity contribution in [3.8, 4) is 0 Å². The maximum Gasteiger partial charge on any atom is 0.231 e. The van der Waals surface area contributed by atoms with E-state index in [0.717, 1.165) is 30.2 Å². The maximum absolute atomic E-state index is 5.36. The number of hydrogen-bond acceptors (Lipinski definition) is 5. The molecule has 1 unspecified atom stereocenters. The van der Waals surface area contributed by atoms with Crippen molar-refractivity contribution in [2.45, 2.75) is 33.2 Å². The average molecular weight is 356 g/mol. The highest BCUT2D eigenvalue weighted by Gasteiger charge is 2.18.